The Bertz CT molecular complexity index is 397. The van der Waals surface area contributed by atoms with E-state index < -0.39 is 20.6 Å². The Morgan fingerprint density at radius 3 is 2.06 bits per heavy atom. The molecule has 0 heterocycles. The molecule has 0 saturated carbocycles. The first-order chi connectivity index (χ1) is 7.52. The van der Waals surface area contributed by atoms with Crippen LogP contribution >= 0.6 is 0 Å². The highest BCUT2D eigenvalue weighted by molar-refractivity contribution is 7.93. The number of rotatable bonds is 6. The highest BCUT2D eigenvalue weighted by atomic mass is 32.2. The van der Waals surface area contributed by atoms with Crippen molar-refractivity contribution in [1.29, 1.82) is 0 Å². The lowest BCUT2D eigenvalue weighted by Crippen LogP contribution is -2.42. The van der Waals surface area contributed by atoms with E-state index in [-0.39, 0.29) is 24.5 Å². The summed E-state index contributed by atoms with van der Waals surface area (Å²) in [5.41, 5.74) is 0. The average Bonchev–Trinajstić information content (AvgIpc) is 2.16. The van der Waals surface area contributed by atoms with Gasteiger partial charge in [0.15, 0.2) is 14.6 Å². The number of amides is 1. The van der Waals surface area contributed by atoms with Gasteiger partial charge in [-0.05, 0) is 20.3 Å². The Labute approximate surface area is 102 Å². The summed E-state index contributed by atoms with van der Waals surface area (Å²) in [6, 6.07) is 0. The fraction of sp³-hybridized carbons (Fsp3) is 0.800. The molecule has 7 heteroatoms. The van der Waals surface area contributed by atoms with Gasteiger partial charge in [-0.1, -0.05) is 0 Å². The van der Waals surface area contributed by atoms with Crippen LogP contribution in [0.25, 0.3) is 0 Å². The molecule has 100 valence electrons. The molecule has 0 radical (unpaired) electrons. The van der Waals surface area contributed by atoms with Gasteiger partial charge in [0.25, 0.3) is 0 Å². The van der Waals surface area contributed by atoms with E-state index in [9.17, 15) is 18.0 Å². The number of hydrogen-bond donors (Lipinski definition) is 1. The lowest BCUT2D eigenvalue weighted by atomic mass is 10.2. The smallest absolute Gasteiger partial charge is 0.324 e. The van der Waals surface area contributed by atoms with Crippen molar-refractivity contribution in [1.82, 2.24) is 4.90 Å². The summed E-state index contributed by atoms with van der Waals surface area (Å²) in [4.78, 5) is 23.4. The lowest BCUT2D eigenvalue weighted by molar-refractivity contribution is -0.139. The maximum absolute atomic E-state index is 11.7. The standard InChI is InChI=1S/C10H19NO5S/c1-10(2,9(13)14)17(15,16)7-5-6-8(12)11(3)4/h5-7H2,1-4H3,(H,13,14). The summed E-state index contributed by atoms with van der Waals surface area (Å²) in [5.74, 6) is -1.85. The monoisotopic (exact) mass is 265 g/mol. The largest absolute Gasteiger partial charge is 0.480 e. The molecule has 0 unspecified atom stereocenters. The SMILES string of the molecule is CN(C)C(=O)CCCS(=O)(=O)C(C)(C)C(=O)O. The highest BCUT2D eigenvalue weighted by Crippen LogP contribution is 2.19. The molecule has 0 bridgehead atoms. The van der Waals surface area contributed by atoms with Gasteiger partial charge in [0.1, 0.15) is 0 Å². The highest BCUT2D eigenvalue weighted by Gasteiger charge is 2.41. The van der Waals surface area contributed by atoms with Crippen molar-refractivity contribution < 1.29 is 23.1 Å². The van der Waals surface area contributed by atoms with Crippen molar-refractivity contribution in [3.8, 4) is 0 Å². The fourth-order valence-corrected chi connectivity index (χ4v) is 2.33. The number of hydrogen-bond acceptors (Lipinski definition) is 4. The molecule has 0 saturated heterocycles. The molecular formula is C10H19NO5S. The minimum atomic E-state index is -3.75. The van der Waals surface area contributed by atoms with Crippen LogP contribution in [0.1, 0.15) is 26.7 Å². The summed E-state index contributed by atoms with van der Waals surface area (Å²) in [6.45, 7) is 2.30. The van der Waals surface area contributed by atoms with Gasteiger partial charge in [-0.25, -0.2) is 8.42 Å². The van der Waals surface area contributed by atoms with Crippen LogP contribution in [0.3, 0.4) is 0 Å². The van der Waals surface area contributed by atoms with Gasteiger partial charge in [0.05, 0.1) is 5.75 Å². The zero-order chi connectivity index (χ0) is 13.9. The second-order valence-corrected chi connectivity index (χ2v) is 7.18. The van der Waals surface area contributed by atoms with E-state index in [0.29, 0.717) is 0 Å². The van der Waals surface area contributed by atoms with Crippen LogP contribution in [0, 0.1) is 0 Å². The number of carbonyl (C=O) groups excluding carboxylic acids is 1. The molecule has 1 N–H and O–H groups in total. The maximum Gasteiger partial charge on any atom is 0.324 e. The number of carboxylic acids is 1. The van der Waals surface area contributed by atoms with E-state index in [1.165, 1.54) is 4.90 Å². The van der Waals surface area contributed by atoms with E-state index in [0.717, 1.165) is 13.8 Å². The molecule has 0 aliphatic heterocycles. The van der Waals surface area contributed by atoms with Crippen molar-refractivity contribution in [2.45, 2.75) is 31.4 Å². The maximum atomic E-state index is 11.7. The Morgan fingerprint density at radius 2 is 1.71 bits per heavy atom. The lowest BCUT2D eigenvalue weighted by Gasteiger charge is -2.19. The second kappa shape index (κ2) is 5.48. The normalized spacial score (nSPS) is 12.2. The predicted octanol–water partition coefficient (Wildman–Crippen LogP) is 0.133. The molecule has 17 heavy (non-hydrogen) atoms. The zero-order valence-electron chi connectivity index (χ0n) is 10.6. The fourth-order valence-electron chi connectivity index (χ4n) is 1.03. The second-order valence-electron chi connectivity index (χ2n) is 4.53. The van der Waals surface area contributed by atoms with E-state index >= 15 is 0 Å². The number of nitrogens with zero attached hydrogens (tertiary/aromatic N) is 1. The van der Waals surface area contributed by atoms with Crippen molar-refractivity contribution in [2.24, 2.45) is 0 Å². The summed E-state index contributed by atoms with van der Waals surface area (Å²) in [5, 5.41) is 8.82. The summed E-state index contributed by atoms with van der Waals surface area (Å²) >= 11 is 0. The molecular weight excluding hydrogens is 246 g/mol. The molecule has 0 aliphatic carbocycles. The van der Waals surface area contributed by atoms with Crippen LogP contribution in [0.4, 0.5) is 0 Å². The quantitative estimate of drug-likeness (QED) is 0.737. The Kier molecular flexibility index (Phi) is 5.12. The van der Waals surface area contributed by atoms with Gasteiger partial charge in [-0.3, -0.25) is 9.59 Å². The third-order valence-electron chi connectivity index (χ3n) is 2.60. The Balaban J connectivity index is 4.50. The molecule has 0 spiro atoms. The Morgan fingerprint density at radius 1 is 1.24 bits per heavy atom. The number of sulfone groups is 1. The average molecular weight is 265 g/mol. The van der Waals surface area contributed by atoms with Crippen LogP contribution in [0.15, 0.2) is 0 Å². The van der Waals surface area contributed by atoms with Crippen molar-refractivity contribution >= 4 is 21.7 Å². The molecule has 0 aromatic carbocycles. The van der Waals surface area contributed by atoms with Gasteiger partial charge in [0.2, 0.25) is 5.91 Å². The van der Waals surface area contributed by atoms with E-state index in [1.807, 2.05) is 0 Å². The van der Waals surface area contributed by atoms with E-state index in [2.05, 4.69) is 0 Å². The predicted molar refractivity (Wildman–Crippen MR) is 63.4 cm³/mol. The third-order valence-corrected chi connectivity index (χ3v) is 5.15. The van der Waals surface area contributed by atoms with E-state index in [4.69, 9.17) is 5.11 Å². The van der Waals surface area contributed by atoms with Crippen LogP contribution in [0.2, 0.25) is 0 Å². The molecule has 0 fully saturated rings. The van der Waals surface area contributed by atoms with E-state index in [1.54, 1.807) is 14.1 Å². The van der Waals surface area contributed by atoms with Crippen LogP contribution in [-0.4, -0.2) is 54.9 Å². The number of aliphatic carboxylic acids is 1. The molecule has 0 atom stereocenters. The van der Waals surface area contributed by atoms with Gasteiger partial charge in [0, 0.05) is 20.5 Å². The summed E-state index contributed by atoms with van der Waals surface area (Å²) < 4.78 is 21.7. The zero-order valence-corrected chi connectivity index (χ0v) is 11.4. The summed E-state index contributed by atoms with van der Waals surface area (Å²) in [6.07, 6.45) is 0.234. The van der Waals surface area contributed by atoms with Gasteiger partial charge < -0.3 is 10.0 Å². The Hall–Kier alpha value is -1.11. The first-order valence-electron chi connectivity index (χ1n) is 5.18. The van der Waals surface area contributed by atoms with Gasteiger partial charge in [-0.2, -0.15) is 0 Å². The van der Waals surface area contributed by atoms with Crippen LogP contribution in [-0.2, 0) is 19.4 Å². The minimum Gasteiger partial charge on any atom is -0.480 e. The van der Waals surface area contributed by atoms with Crippen molar-refractivity contribution in [3.63, 3.8) is 0 Å². The molecule has 1 amide bonds. The number of carbonyl (C=O) groups is 2. The van der Waals surface area contributed by atoms with Gasteiger partial charge in [-0.15, -0.1) is 0 Å². The summed E-state index contributed by atoms with van der Waals surface area (Å²) in [7, 11) is -0.588. The molecule has 0 aromatic heterocycles. The topological polar surface area (TPSA) is 91.8 Å². The van der Waals surface area contributed by atoms with Crippen LogP contribution < -0.4 is 0 Å². The van der Waals surface area contributed by atoms with Crippen LogP contribution in [0.5, 0.6) is 0 Å². The van der Waals surface area contributed by atoms with Crippen molar-refractivity contribution in [3.05, 3.63) is 0 Å². The minimum absolute atomic E-state index is 0.0991. The first-order valence-corrected chi connectivity index (χ1v) is 6.83. The third kappa shape index (κ3) is 3.99. The molecule has 0 aromatic rings. The first kappa shape index (κ1) is 15.9. The molecule has 0 rings (SSSR count). The number of carboxylic acid groups (broad SMARTS) is 1. The van der Waals surface area contributed by atoms with Gasteiger partial charge >= 0.3 is 5.97 Å². The molecule has 0 aliphatic rings. The molecule has 6 nitrogen and oxygen atoms in total. The van der Waals surface area contributed by atoms with Crippen molar-refractivity contribution in [2.75, 3.05) is 19.8 Å².